The van der Waals surface area contributed by atoms with E-state index in [1.165, 1.54) is 22.7 Å². The summed E-state index contributed by atoms with van der Waals surface area (Å²) >= 11 is 1.84. The molecule has 4 heterocycles. The summed E-state index contributed by atoms with van der Waals surface area (Å²) in [5.74, 6) is 1.53. The van der Waals surface area contributed by atoms with Crippen molar-refractivity contribution in [1.82, 2.24) is 19.5 Å². The molecule has 4 rings (SSSR count). The number of thiazole rings is 1. The van der Waals surface area contributed by atoms with E-state index in [0.717, 1.165) is 50.8 Å². The van der Waals surface area contributed by atoms with Crippen molar-refractivity contribution in [2.75, 3.05) is 11.5 Å². The van der Waals surface area contributed by atoms with Crippen LogP contribution in [0.3, 0.4) is 0 Å². The highest BCUT2D eigenvalue weighted by molar-refractivity contribution is 7.93. The van der Waals surface area contributed by atoms with Crippen LogP contribution in [0.5, 0.6) is 0 Å². The molecule has 4 aromatic rings. The Balaban J connectivity index is 1.94. The van der Waals surface area contributed by atoms with Crippen LogP contribution < -0.4 is 5.73 Å². The van der Waals surface area contributed by atoms with Crippen LogP contribution in [0.1, 0.15) is 25.6 Å². The van der Waals surface area contributed by atoms with Crippen molar-refractivity contribution in [2.24, 2.45) is 7.05 Å². The average molecular weight is 432 g/mol. The fourth-order valence-corrected chi connectivity index (χ4v) is 6.38. The smallest absolute Gasteiger partial charge is 0.232 e. The molecular weight excluding hydrogens is 410 g/mol. The fraction of sp³-hybridized carbons (Fsp3) is 0.316. The zero-order chi connectivity index (χ0) is 19.8. The van der Waals surface area contributed by atoms with Crippen molar-refractivity contribution in [3.05, 3.63) is 29.7 Å². The lowest BCUT2D eigenvalue weighted by molar-refractivity contribution is 0.594. The molecule has 4 aromatic heterocycles. The van der Waals surface area contributed by atoms with E-state index >= 15 is 0 Å². The zero-order valence-corrected chi connectivity index (χ0v) is 18.4. The summed E-state index contributed by atoms with van der Waals surface area (Å²) in [5.41, 5.74) is 9.58. The Hall–Kier alpha value is -1.94. The van der Waals surface area contributed by atoms with Gasteiger partial charge in [0.15, 0.2) is 0 Å². The minimum atomic E-state index is -1.12. The molecular formula is C19H21N5OS3. The largest absolute Gasteiger partial charge is 0.611 e. The molecule has 0 fully saturated rings. The van der Waals surface area contributed by atoms with Gasteiger partial charge in [0.25, 0.3) is 0 Å². The summed E-state index contributed by atoms with van der Waals surface area (Å²) in [6.07, 6.45) is 5.66. The molecule has 9 heteroatoms. The third-order valence-corrected chi connectivity index (χ3v) is 8.38. The number of rotatable bonds is 6. The van der Waals surface area contributed by atoms with Gasteiger partial charge in [0.1, 0.15) is 32.8 Å². The Bertz CT molecular complexity index is 1100. The lowest BCUT2D eigenvalue weighted by atomic mass is 10.1. The molecule has 0 aliphatic carbocycles. The van der Waals surface area contributed by atoms with E-state index in [1.54, 1.807) is 6.20 Å². The highest BCUT2D eigenvalue weighted by Crippen LogP contribution is 2.43. The van der Waals surface area contributed by atoms with E-state index < -0.39 is 11.2 Å². The molecule has 0 aliphatic heterocycles. The number of thiophene rings is 1. The van der Waals surface area contributed by atoms with Gasteiger partial charge in [0, 0.05) is 35.8 Å². The minimum absolute atomic E-state index is 0.561. The van der Waals surface area contributed by atoms with Crippen molar-refractivity contribution in [3.8, 4) is 22.0 Å². The molecule has 0 saturated heterocycles. The van der Waals surface area contributed by atoms with E-state index in [2.05, 4.69) is 16.9 Å². The molecule has 0 unspecified atom stereocenters. The predicted molar refractivity (Wildman–Crippen MR) is 118 cm³/mol. The average Bonchev–Trinajstić information content (AvgIpc) is 3.40. The summed E-state index contributed by atoms with van der Waals surface area (Å²) in [7, 11) is 1.97. The van der Waals surface area contributed by atoms with Crippen molar-refractivity contribution in [2.45, 2.75) is 30.9 Å². The summed E-state index contributed by atoms with van der Waals surface area (Å²) in [6, 6.07) is 1.99. The third-order valence-electron chi connectivity index (χ3n) is 4.59. The first-order chi connectivity index (χ1) is 13.5. The topological polar surface area (TPSA) is 92.7 Å². The van der Waals surface area contributed by atoms with E-state index in [4.69, 9.17) is 10.7 Å². The first-order valence-corrected chi connectivity index (χ1v) is 12.0. The second-order valence-electron chi connectivity index (χ2n) is 6.56. The number of nitrogen functional groups attached to an aromatic ring is 1. The number of fused-ring (bicyclic) bond motifs is 1. The van der Waals surface area contributed by atoms with E-state index in [0.29, 0.717) is 15.6 Å². The Morgan fingerprint density at radius 1 is 1.29 bits per heavy atom. The molecule has 1 atom stereocenters. The van der Waals surface area contributed by atoms with Crippen LogP contribution in [0.25, 0.3) is 32.2 Å². The number of nitrogens with two attached hydrogens (primary N) is 1. The summed E-state index contributed by atoms with van der Waals surface area (Å²) < 4.78 is 15.5. The van der Waals surface area contributed by atoms with Crippen LogP contribution in [0.4, 0.5) is 5.69 Å². The number of hydrogen-bond acceptors (Lipinski definition) is 7. The normalized spacial score (nSPS) is 12.7. The van der Waals surface area contributed by atoms with Gasteiger partial charge in [-0.1, -0.05) is 24.7 Å². The van der Waals surface area contributed by atoms with Crippen LogP contribution in [0.15, 0.2) is 28.0 Å². The number of imidazole rings is 1. The lowest BCUT2D eigenvalue weighted by Crippen LogP contribution is -2.06. The van der Waals surface area contributed by atoms with Gasteiger partial charge in [0.05, 0.1) is 5.69 Å². The van der Waals surface area contributed by atoms with Gasteiger partial charge in [-0.3, -0.25) is 0 Å². The summed E-state index contributed by atoms with van der Waals surface area (Å²) in [5, 5.41) is 3.61. The van der Waals surface area contributed by atoms with E-state index in [-0.39, 0.29) is 0 Å². The van der Waals surface area contributed by atoms with E-state index in [1.807, 2.05) is 36.2 Å². The van der Waals surface area contributed by atoms with Gasteiger partial charge in [0.2, 0.25) is 4.21 Å². The van der Waals surface area contributed by atoms with Crippen LogP contribution in [-0.4, -0.2) is 29.8 Å². The Kier molecular flexibility index (Phi) is 5.42. The molecule has 146 valence electrons. The number of anilines is 1. The maximum atomic E-state index is 12.8. The number of aryl methyl sites for hydroxylation is 2. The van der Waals surface area contributed by atoms with E-state index in [9.17, 15) is 4.55 Å². The Labute approximate surface area is 174 Å². The number of aromatic nitrogens is 4. The molecule has 0 spiro atoms. The highest BCUT2D eigenvalue weighted by Gasteiger charge is 2.25. The molecule has 0 amide bonds. The molecule has 2 N–H and O–H groups in total. The van der Waals surface area contributed by atoms with Crippen LogP contribution >= 0.6 is 22.7 Å². The molecule has 6 nitrogen and oxygen atoms in total. The minimum Gasteiger partial charge on any atom is -0.611 e. The van der Waals surface area contributed by atoms with Crippen LogP contribution in [0, 0.1) is 6.92 Å². The SMILES string of the molecule is CCCC[S@@+]([O-])c1sc2nc(-c3nccs3)cc(-c3cn(C)c(C)n3)c2c1N. The number of pyridine rings is 1. The standard InChI is InChI=1S/C19H21N5OS3/c1-4-5-8-28(25)19-16(20)15-12(14-10-24(3)11(2)22-14)9-13(23-18(15)27-19)17-21-6-7-26-17/h6-7,9-10H,4-5,8,20H2,1-3H3/t28-/m1/s1. The second kappa shape index (κ2) is 7.82. The van der Waals surface area contributed by atoms with Crippen molar-refractivity contribution >= 4 is 49.8 Å². The Morgan fingerprint density at radius 2 is 2.11 bits per heavy atom. The van der Waals surface area contributed by atoms with Crippen molar-refractivity contribution in [3.63, 3.8) is 0 Å². The van der Waals surface area contributed by atoms with Gasteiger partial charge < -0.3 is 14.9 Å². The molecule has 0 aromatic carbocycles. The van der Waals surface area contributed by atoms with Gasteiger partial charge in [-0.25, -0.2) is 15.0 Å². The first-order valence-electron chi connectivity index (χ1n) is 9.01. The van der Waals surface area contributed by atoms with Gasteiger partial charge >= 0.3 is 0 Å². The molecule has 28 heavy (non-hydrogen) atoms. The number of nitrogens with zero attached hydrogens (tertiary/aromatic N) is 4. The number of unbranched alkanes of at least 4 members (excludes halogenated alkanes) is 1. The molecule has 0 bridgehead atoms. The lowest BCUT2D eigenvalue weighted by Gasteiger charge is -2.08. The summed E-state index contributed by atoms with van der Waals surface area (Å²) in [6.45, 7) is 4.06. The molecule has 0 aliphatic rings. The van der Waals surface area contributed by atoms with Gasteiger partial charge in [-0.15, -0.1) is 11.3 Å². The van der Waals surface area contributed by atoms with Gasteiger partial charge in [-0.2, -0.15) is 0 Å². The second-order valence-corrected chi connectivity index (χ2v) is 10.2. The summed E-state index contributed by atoms with van der Waals surface area (Å²) in [4.78, 5) is 14.7. The van der Waals surface area contributed by atoms with Crippen LogP contribution in [-0.2, 0) is 18.2 Å². The zero-order valence-electron chi connectivity index (χ0n) is 15.9. The maximum absolute atomic E-state index is 12.8. The van der Waals surface area contributed by atoms with Crippen molar-refractivity contribution < 1.29 is 4.55 Å². The fourth-order valence-electron chi connectivity index (χ4n) is 2.99. The maximum Gasteiger partial charge on any atom is 0.232 e. The predicted octanol–water partition coefficient (Wildman–Crippen LogP) is 4.62. The number of hydrogen-bond donors (Lipinski definition) is 1. The van der Waals surface area contributed by atoms with Crippen molar-refractivity contribution in [1.29, 1.82) is 0 Å². The first kappa shape index (κ1) is 19.4. The quantitative estimate of drug-likeness (QED) is 0.450. The molecule has 0 saturated carbocycles. The van der Waals surface area contributed by atoms with Gasteiger partial charge in [-0.05, 0) is 30.6 Å². The van der Waals surface area contributed by atoms with Crippen LogP contribution in [0.2, 0.25) is 0 Å². The monoisotopic (exact) mass is 431 g/mol. The Morgan fingerprint density at radius 3 is 2.75 bits per heavy atom. The molecule has 0 radical (unpaired) electrons. The highest BCUT2D eigenvalue weighted by atomic mass is 32.2. The third kappa shape index (κ3) is 3.43.